The van der Waals surface area contributed by atoms with Gasteiger partial charge in [-0.05, 0) is 43.5 Å². The van der Waals surface area contributed by atoms with Gasteiger partial charge in [0.05, 0.1) is 12.2 Å². The van der Waals surface area contributed by atoms with Crippen molar-refractivity contribution < 1.29 is 14.6 Å². The second-order valence-corrected chi connectivity index (χ2v) is 6.02. The summed E-state index contributed by atoms with van der Waals surface area (Å²) in [6, 6.07) is 9.05. The van der Waals surface area contributed by atoms with E-state index in [0.717, 1.165) is 17.7 Å². The molecule has 0 heterocycles. The molecule has 0 bridgehead atoms. The van der Waals surface area contributed by atoms with Crippen molar-refractivity contribution in [2.45, 2.75) is 39.7 Å². The lowest BCUT2D eigenvalue weighted by atomic mass is 9.88. The predicted molar refractivity (Wildman–Crippen MR) is 94.3 cm³/mol. The summed E-state index contributed by atoms with van der Waals surface area (Å²) in [5.41, 5.74) is -0.276. The number of nitrogens with one attached hydrogen (secondary N) is 1. The van der Waals surface area contributed by atoms with Crippen LogP contribution in [0.3, 0.4) is 0 Å². The van der Waals surface area contributed by atoms with E-state index in [1.807, 2.05) is 26.8 Å². The fourth-order valence-corrected chi connectivity index (χ4v) is 2.11. The highest BCUT2D eigenvalue weighted by atomic mass is 16.5. The summed E-state index contributed by atoms with van der Waals surface area (Å²) in [5, 5.41) is 22.2. The zero-order valence-electron chi connectivity index (χ0n) is 14.8. The highest BCUT2D eigenvalue weighted by Gasteiger charge is 2.27. The number of rotatable bonds is 8. The maximum atomic E-state index is 12.2. The Bertz CT molecular complexity index is 612. The van der Waals surface area contributed by atoms with Crippen LogP contribution in [-0.4, -0.2) is 29.8 Å². The number of nitrogens with zero attached hydrogens (tertiary/aromatic N) is 1. The molecule has 1 amide bonds. The van der Waals surface area contributed by atoms with Crippen molar-refractivity contribution >= 4 is 12.0 Å². The van der Waals surface area contributed by atoms with Crippen molar-refractivity contribution in [2.75, 3.05) is 13.2 Å². The molecule has 0 radical (unpaired) electrons. The van der Waals surface area contributed by atoms with Crippen molar-refractivity contribution in [1.82, 2.24) is 5.32 Å². The van der Waals surface area contributed by atoms with Crippen LogP contribution in [0.5, 0.6) is 5.75 Å². The number of hydrogen-bond donors (Lipinski definition) is 2. The van der Waals surface area contributed by atoms with E-state index in [-0.39, 0.29) is 18.0 Å². The SMILES string of the molecule is CCOc1ccc(C=C(C#N)C(=O)NCC(C)(O)C(C)CC)cc1. The number of amides is 1. The van der Waals surface area contributed by atoms with Gasteiger partial charge in [-0.2, -0.15) is 5.26 Å². The van der Waals surface area contributed by atoms with Crippen molar-refractivity contribution in [2.24, 2.45) is 5.92 Å². The highest BCUT2D eigenvalue weighted by Crippen LogP contribution is 2.19. The zero-order valence-corrected chi connectivity index (χ0v) is 14.8. The third-order valence-electron chi connectivity index (χ3n) is 4.15. The van der Waals surface area contributed by atoms with Crippen molar-refractivity contribution in [3.63, 3.8) is 0 Å². The number of benzene rings is 1. The Hall–Kier alpha value is -2.32. The van der Waals surface area contributed by atoms with Crippen LogP contribution in [0.25, 0.3) is 6.08 Å². The number of nitriles is 1. The van der Waals surface area contributed by atoms with Gasteiger partial charge in [0.25, 0.3) is 5.91 Å². The first-order valence-corrected chi connectivity index (χ1v) is 8.19. The van der Waals surface area contributed by atoms with Gasteiger partial charge in [-0.25, -0.2) is 0 Å². The van der Waals surface area contributed by atoms with Crippen molar-refractivity contribution in [3.8, 4) is 11.8 Å². The first-order valence-electron chi connectivity index (χ1n) is 8.19. The molecule has 0 spiro atoms. The molecule has 2 unspecified atom stereocenters. The average molecular weight is 330 g/mol. The molecule has 2 N–H and O–H groups in total. The minimum absolute atomic E-state index is 0.000823. The van der Waals surface area contributed by atoms with E-state index < -0.39 is 11.5 Å². The Labute approximate surface area is 143 Å². The lowest BCUT2D eigenvalue weighted by Crippen LogP contribution is -2.45. The minimum Gasteiger partial charge on any atom is -0.494 e. The Kier molecular flexibility index (Phi) is 7.47. The van der Waals surface area contributed by atoms with Gasteiger partial charge in [0.1, 0.15) is 17.4 Å². The lowest BCUT2D eigenvalue weighted by Gasteiger charge is -2.29. The predicted octanol–water partition coefficient (Wildman–Crippen LogP) is 2.91. The first-order chi connectivity index (χ1) is 11.3. The van der Waals surface area contributed by atoms with Gasteiger partial charge >= 0.3 is 0 Å². The van der Waals surface area contributed by atoms with Gasteiger partial charge in [-0.1, -0.05) is 32.4 Å². The molecule has 0 saturated carbocycles. The van der Waals surface area contributed by atoms with Crippen LogP contribution in [0.4, 0.5) is 0 Å². The molecule has 24 heavy (non-hydrogen) atoms. The largest absolute Gasteiger partial charge is 0.494 e. The molecule has 0 aliphatic heterocycles. The van der Waals surface area contributed by atoms with E-state index in [2.05, 4.69) is 5.32 Å². The van der Waals surface area contributed by atoms with E-state index in [4.69, 9.17) is 4.74 Å². The molecule has 130 valence electrons. The monoisotopic (exact) mass is 330 g/mol. The van der Waals surface area contributed by atoms with E-state index in [1.54, 1.807) is 31.2 Å². The summed E-state index contributed by atoms with van der Waals surface area (Å²) in [7, 11) is 0. The molecular weight excluding hydrogens is 304 g/mol. The summed E-state index contributed by atoms with van der Waals surface area (Å²) < 4.78 is 5.36. The Morgan fingerprint density at radius 3 is 2.54 bits per heavy atom. The van der Waals surface area contributed by atoms with Crippen molar-refractivity contribution in [3.05, 3.63) is 35.4 Å². The molecule has 5 heteroatoms. The van der Waals surface area contributed by atoms with E-state index in [9.17, 15) is 15.2 Å². The smallest absolute Gasteiger partial charge is 0.262 e. The second-order valence-electron chi connectivity index (χ2n) is 6.02. The fourth-order valence-electron chi connectivity index (χ4n) is 2.11. The maximum absolute atomic E-state index is 12.2. The Balaban J connectivity index is 2.78. The number of carbonyl (C=O) groups excluding carboxylic acids is 1. The third-order valence-corrected chi connectivity index (χ3v) is 4.15. The lowest BCUT2D eigenvalue weighted by molar-refractivity contribution is -0.118. The van der Waals surface area contributed by atoms with E-state index >= 15 is 0 Å². The molecule has 1 aromatic rings. The number of carbonyl (C=O) groups is 1. The summed E-state index contributed by atoms with van der Waals surface area (Å²) in [5.74, 6) is 0.288. The molecule has 5 nitrogen and oxygen atoms in total. The molecule has 0 fully saturated rings. The van der Waals surface area contributed by atoms with E-state index in [1.165, 1.54) is 6.08 Å². The summed E-state index contributed by atoms with van der Waals surface area (Å²) in [4.78, 5) is 12.2. The quantitative estimate of drug-likeness (QED) is 0.567. The third kappa shape index (κ3) is 5.71. The van der Waals surface area contributed by atoms with Gasteiger partial charge in [-0.3, -0.25) is 4.79 Å². The van der Waals surface area contributed by atoms with Gasteiger partial charge < -0.3 is 15.2 Å². The van der Waals surface area contributed by atoms with Crippen LogP contribution >= 0.6 is 0 Å². The van der Waals surface area contributed by atoms with Gasteiger partial charge in [0, 0.05) is 6.54 Å². The van der Waals surface area contributed by atoms with Crippen LogP contribution in [0.15, 0.2) is 29.8 Å². The Morgan fingerprint density at radius 2 is 2.04 bits per heavy atom. The van der Waals surface area contributed by atoms with Crippen LogP contribution in [0.1, 0.15) is 39.7 Å². The zero-order chi connectivity index (χ0) is 18.2. The average Bonchev–Trinajstić information content (AvgIpc) is 2.58. The molecule has 2 atom stereocenters. The van der Waals surface area contributed by atoms with Crippen LogP contribution < -0.4 is 10.1 Å². The first kappa shape index (κ1) is 19.7. The molecular formula is C19H26N2O3. The summed E-state index contributed by atoms with van der Waals surface area (Å²) >= 11 is 0. The number of ether oxygens (including phenoxy) is 1. The van der Waals surface area contributed by atoms with Crippen LogP contribution in [0.2, 0.25) is 0 Å². The minimum atomic E-state index is -1.01. The molecule has 0 aliphatic carbocycles. The maximum Gasteiger partial charge on any atom is 0.262 e. The highest BCUT2D eigenvalue weighted by molar-refractivity contribution is 6.01. The normalized spacial score (nSPS) is 15.1. The topological polar surface area (TPSA) is 82.3 Å². The molecule has 0 aromatic heterocycles. The molecule has 1 aromatic carbocycles. The summed E-state index contributed by atoms with van der Waals surface area (Å²) in [6.07, 6.45) is 2.32. The second kappa shape index (κ2) is 9.09. The molecule has 0 saturated heterocycles. The van der Waals surface area contributed by atoms with Gasteiger partial charge in [0.15, 0.2) is 0 Å². The van der Waals surface area contributed by atoms with Crippen molar-refractivity contribution in [1.29, 1.82) is 5.26 Å². The standard InChI is InChI=1S/C19H26N2O3/c1-5-14(3)19(4,23)13-21-18(22)16(12-20)11-15-7-9-17(10-8-15)24-6-2/h7-11,14,23H,5-6,13H2,1-4H3,(H,21,22). The van der Waals surface area contributed by atoms with Crippen LogP contribution in [-0.2, 0) is 4.79 Å². The number of aliphatic hydroxyl groups is 1. The number of hydrogen-bond acceptors (Lipinski definition) is 4. The fraction of sp³-hybridized carbons (Fsp3) is 0.474. The molecule has 0 aliphatic rings. The van der Waals surface area contributed by atoms with Gasteiger partial charge in [0.2, 0.25) is 0 Å². The molecule has 1 rings (SSSR count). The van der Waals surface area contributed by atoms with Crippen LogP contribution in [0, 0.1) is 17.2 Å². The van der Waals surface area contributed by atoms with E-state index in [0.29, 0.717) is 6.61 Å². The summed E-state index contributed by atoms with van der Waals surface area (Å²) in [6.45, 7) is 8.17. The van der Waals surface area contributed by atoms with Gasteiger partial charge in [-0.15, -0.1) is 0 Å². The Morgan fingerprint density at radius 1 is 1.42 bits per heavy atom.